The number of hydrogen-bond acceptors (Lipinski definition) is 7. The molecule has 2 fully saturated rings. The second-order valence-corrected chi connectivity index (χ2v) is 7.65. The minimum atomic E-state index is -1.51. The van der Waals surface area contributed by atoms with Crippen molar-refractivity contribution >= 4 is 29.7 Å². The van der Waals surface area contributed by atoms with Gasteiger partial charge in [-0.3, -0.25) is 19.2 Å². The average Bonchev–Trinajstić information content (AvgIpc) is 3.32. The number of carboxylic acids is 2. The molecule has 2 rings (SSSR count). The number of likely N-dealkylation sites (tertiary alicyclic amines) is 2. The molecule has 0 radical (unpaired) electrons. The molecule has 0 saturated carbocycles. The van der Waals surface area contributed by atoms with E-state index in [1.54, 1.807) is 0 Å². The van der Waals surface area contributed by atoms with Crippen molar-refractivity contribution in [3.05, 3.63) is 0 Å². The fraction of sp³-hybridized carbons (Fsp3) is 0.722. The zero-order chi connectivity index (χ0) is 22.6. The number of rotatable bonds is 8. The molecule has 168 valence electrons. The van der Waals surface area contributed by atoms with Gasteiger partial charge in [0.15, 0.2) is 6.04 Å². The van der Waals surface area contributed by atoms with Crippen LogP contribution in [0.4, 0.5) is 0 Å². The summed E-state index contributed by atoms with van der Waals surface area (Å²) in [5, 5.41) is 29.8. The number of nitrogens with zero attached hydrogens (tertiary/aromatic N) is 2. The fourth-order valence-electron chi connectivity index (χ4n) is 3.91. The van der Waals surface area contributed by atoms with Crippen LogP contribution in [0.15, 0.2) is 0 Å². The van der Waals surface area contributed by atoms with Gasteiger partial charge in [0, 0.05) is 13.1 Å². The first-order valence-electron chi connectivity index (χ1n) is 9.84. The molecule has 0 bridgehead atoms. The number of aliphatic hydroxyl groups is 1. The first kappa shape index (κ1) is 23.5. The number of carboxylic acid groups (broad SMARTS) is 2. The maximum absolute atomic E-state index is 13.1. The molecule has 30 heavy (non-hydrogen) atoms. The standard InChI is InChI=1S/C18H28N4O8/c1-9(23)14(18(29)30)20-15(26)11-4-2-6-21(11)17(28)12-5-3-7-22(12)16(27)10(19)8-13(24)25/h9-12,14,23H,2-8,19H2,1H3,(H,20,26)(H,24,25)(H,29,30). The molecule has 5 atom stereocenters. The van der Waals surface area contributed by atoms with E-state index in [9.17, 15) is 29.1 Å². The van der Waals surface area contributed by atoms with Crippen LogP contribution in [-0.4, -0.2) is 98.1 Å². The maximum Gasteiger partial charge on any atom is 0.328 e. The number of aliphatic carboxylic acids is 2. The van der Waals surface area contributed by atoms with E-state index in [4.69, 9.17) is 15.9 Å². The van der Waals surface area contributed by atoms with E-state index >= 15 is 0 Å². The predicted octanol–water partition coefficient (Wildman–Crippen LogP) is -2.28. The van der Waals surface area contributed by atoms with Crippen molar-refractivity contribution in [3.8, 4) is 0 Å². The van der Waals surface area contributed by atoms with Gasteiger partial charge in [-0.15, -0.1) is 0 Å². The summed E-state index contributed by atoms with van der Waals surface area (Å²) >= 11 is 0. The number of nitrogens with one attached hydrogen (secondary N) is 1. The number of carbonyl (C=O) groups is 5. The van der Waals surface area contributed by atoms with E-state index in [1.165, 1.54) is 16.7 Å². The summed E-state index contributed by atoms with van der Waals surface area (Å²) in [7, 11) is 0. The Kier molecular flexibility index (Phi) is 7.73. The molecule has 3 amide bonds. The summed E-state index contributed by atoms with van der Waals surface area (Å²) < 4.78 is 0. The maximum atomic E-state index is 13.1. The first-order chi connectivity index (χ1) is 14.0. The SMILES string of the molecule is CC(O)C(NC(=O)C1CCCN1C(=O)C1CCCN1C(=O)C(N)CC(=O)O)C(=O)O. The topological polar surface area (TPSA) is 191 Å². The molecule has 2 aliphatic heterocycles. The Hall–Kier alpha value is -2.73. The molecule has 0 spiro atoms. The van der Waals surface area contributed by atoms with E-state index in [1.807, 2.05) is 0 Å². The lowest BCUT2D eigenvalue weighted by Crippen LogP contribution is -2.57. The lowest BCUT2D eigenvalue weighted by Gasteiger charge is -2.32. The van der Waals surface area contributed by atoms with E-state index in [2.05, 4.69) is 5.32 Å². The third-order valence-electron chi connectivity index (χ3n) is 5.42. The monoisotopic (exact) mass is 428 g/mol. The minimum absolute atomic E-state index is 0.260. The van der Waals surface area contributed by atoms with Crippen molar-refractivity contribution in [3.63, 3.8) is 0 Å². The fourth-order valence-corrected chi connectivity index (χ4v) is 3.91. The van der Waals surface area contributed by atoms with Gasteiger partial charge < -0.3 is 36.2 Å². The van der Waals surface area contributed by atoms with Crippen molar-refractivity contribution < 1.29 is 39.3 Å². The molecule has 0 aromatic heterocycles. The van der Waals surface area contributed by atoms with Gasteiger partial charge in [-0.2, -0.15) is 0 Å². The Bertz CT molecular complexity index is 712. The highest BCUT2D eigenvalue weighted by atomic mass is 16.4. The van der Waals surface area contributed by atoms with Crippen molar-refractivity contribution in [2.45, 2.75) is 69.3 Å². The number of hydrogen-bond donors (Lipinski definition) is 5. The lowest BCUT2D eigenvalue weighted by atomic mass is 10.1. The molecule has 5 unspecified atom stereocenters. The number of aliphatic hydroxyl groups excluding tert-OH is 1. The second kappa shape index (κ2) is 9.85. The van der Waals surface area contributed by atoms with E-state index in [-0.39, 0.29) is 13.1 Å². The van der Waals surface area contributed by atoms with E-state index < -0.39 is 66.4 Å². The second-order valence-electron chi connectivity index (χ2n) is 7.65. The van der Waals surface area contributed by atoms with Gasteiger partial charge in [-0.25, -0.2) is 4.79 Å². The molecule has 6 N–H and O–H groups in total. The van der Waals surface area contributed by atoms with Crippen LogP contribution >= 0.6 is 0 Å². The summed E-state index contributed by atoms with van der Waals surface area (Å²) in [4.78, 5) is 62.8. The number of amides is 3. The zero-order valence-corrected chi connectivity index (χ0v) is 16.7. The van der Waals surface area contributed by atoms with Gasteiger partial charge in [0.2, 0.25) is 17.7 Å². The van der Waals surface area contributed by atoms with Crippen LogP contribution in [0, 0.1) is 0 Å². The van der Waals surface area contributed by atoms with E-state index in [0.29, 0.717) is 25.7 Å². The number of carbonyl (C=O) groups excluding carboxylic acids is 3. The Balaban J connectivity index is 2.10. The third kappa shape index (κ3) is 5.25. The molecule has 2 aliphatic rings. The highest BCUT2D eigenvalue weighted by Crippen LogP contribution is 2.25. The molecule has 2 saturated heterocycles. The summed E-state index contributed by atoms with van der Waals surface area (Å²) in [6.45, 7) is 1.76. The van der Waals surface area contributed by atoms with Gasteiger partial charge in [0.25, 0.3) is 0 Å². The Labute approximate surface area is 173 Å². The smallest absolute Gasteiger partial charge is 0.328 e. The van der Waals surface area contributed by atoms with Crippen molar-refractivity contribution in [2.75, 3.05) is 13.1 Å². The largest absolute Gasteiger partial charge is 0.481 e. The molecule has 12 nitrogen and oxygen atoms in total. The van der Waals surface area contributed by atoms with Crippen LogP contribution in [0.3, 0.4) is 0 Å². The Morgan fingerprint density at radius 1 is 1.03 bits per heavy atom. The molecule has 2 heterocycles. The molecular formula is C18H28N4O8. The summed E-state index contributed by atoms with van der Waals surface area (Å²) in [5.74, 6) is -4.39. The van der Waals surface area contributed by atoms with E-state index in [0.717, 1.165) is 0 Å². The van der Waals surface area contributed by atoms with Gasteiger partial charge in [0.05, 0.1) is 18.6 Å². The van der Waals surface area contributed by atoms with Crippen molar-refractivity contribution in [1.29, 1.82) is 0 Å². The molecule has 12 heteroatoms. The van der Waals surface area contributed by atoms with Crippen LogP contribution in [0.5, 0.6) is 0 Å². The van der Waals surface area contributed by atoms with Crippen LogP contribution in [0.2, 0.25) is 0 Å². The van der Waals surface area contributed by atoms with Gasteiger partial charge in [-0.1, -0.05) is 0 Å². The summed E-state index contributed by atoms with van der Waals surface area (Å²) in [6, 6.07) is -4.54. The quantitative estimate of drug-likeness (QED) is 0.283. The summed E-state index contributed by atoms with van der Waals surface area (Å²) in [6.07, 6.45) is -0.133. The highest BCUT2D eigenvalue weighted by molar-refractivity contribution is 5.95. The summed E-state index contributed by atoms with van der Waals surface area (Å²) in [5.41, 5.74) is 5.66. The van der Waals surface area contributed by atoms with Gasteiger partial charge in [0.1, 0.15) is 12.1 Å². The molecule has 0 aromatic rings. The van der Waals surface area contributed by atoms with Crippen LogP contribution in [-0.2, 0) is 24.0 Å². The van der Waals surface area contributed by atoms with Crippen molar-refractivity contribution in [2.24, 2.45) is 5.73 Å². The molecule has 0 aliphatic carbocycles. The highest BCUT2D eigenvalue weighted by Gasteiger charge is 2.43. The normalized spacial score (nSPS) is 24.2. The average molecular weight is 428 g/mol. The van der Waals surface area contributed by atoms with Crippen molar-refractivity contribution in [1.82, 2.24) is 15.1 Å². The van der Waals surface area contributed by atoms with Crippen LogP contribution in [0.25, 0.3) is 0 Å². The Morgan fingerprint density at radius 3 is 2.13 bits per heavy atom. The van der Waals surface area contributed by atoms with Gasteiger partial charge in [-0.05, 0) is 32.6 Å². The minimum Gasteiger partial charge on any atom is -0.481 e. The third-order valence-corrected chi connectivity index (χ3v) is 5.42. The lowest BCUT2D eigenvalue weighted by molar-refractivity contribution is -0.149. The first-order valence-corrected chi connectivity index (χ1v) is 9.84. The zero-order valence-electron chi connectivity index (χ0n) is 16.7. The Morgan fingerprint density at radius 2 is 1.60 bits per heavy atom. The molecule has 0 aromatic carbocycles. The van der Waals surface area contributed by atoms with Gasteiger partial charge >= 0.3 is 11.9 Å². The van der Waals surface area contributed by atoms with Crippen LogP contribution < -0.4 is 11.1 Å². The molecular weight excluding hydrogens is 400 g/mol. The predicted molar refractivity (Wildman–Crippen MR) is 101 cm³/mol. The van der Waals surface area contributed by atoms with Crippen LogP contribution in [0.1, 0.15) is 39.0 Å². The number of nitrogens with two attached hydrogens (primary N) is 1.